The average molecular weight is 287 g/mol. The van der Waals surface area contributed by atoms with Crippen LogP contribution < -0.4 is 4.72 Å². The highest BCUT2D eigenvalue weighted by molar-refractivity contribution is 7.90. The molecule has 4 bridgehead atoms. The minimum Gasteiger partial charge on any atom is -0.462 e. The molecular formula is C12H17NO5S. The van der Waals surface area contributed by atoms with Crippen LogP contribution in [-0.2, 0) is 24.3 Å². The van der Waals surface area contributed by atoms with Gasteiger partial charge in [0.2, 0.25) is 16.4 Å². The number of amides is 1. The highest BCUT2D eigenvalue weighted by Crippen LogP contribution is 2.54. The number of hydrogen-bond acceptors (Lipinski definition) is 5. The molecule has 0 spiro atoms. The van der Waals surface area contributed by atoms with E-state index in [-0.39, 0.29) is 30.2 Å². The second-order valence-electron chi connectivity index (χ2n) is 6.20. The van der Waals surface area contributed by atoms with Crippen LogP contribution in [0.15, 0.2) is 0 Å². The summed E-state index contributed by atoms with van der Waals surface area (Å²) in [5.41, 5.74) is -0.405. The summed E-state index contributed by atoms with van der Waals surface area (Å²) in [4.78, 5) is 22.2. The first-order valence-electron chi connectivity index (χ1n) is 6.56. The maximum atomic E-state index is 11.9. The predicted octanol–water partition coefficient (Wildman–Crippen LogP) is 0.184. The standard InChI is InChI=1S/C12H17NO5S/c14-7-13-19(16,17)6-12-3-8-1-9(4-12)11(15)18-10(2-8)5-12/h7-10H,1-6H2,(H,13,14). The Morgan fingerprint density at radius 3 is 2.84 bits per heavy atom. The van der Waals surface area contributed by atoms with Crippen LogP contribution in [0.3, 0.4) is 0 Å². The molecule has 0 aromatic carbocycles. The van der Waals surface area contributed by atoms with E-state index < -0.39 is 15.4 Å². The largest absolute Gasteiger partial charge is 0.462 e. The number of fused-ring (bicyclic) bond motifs is 1. The summed E-state index contributed by atoms with van der Waals surface area (Å²) in [6.07, 6.45) is 3.71. The van der Waals surface area contributed by atoms with E-state index >= 15 is 0 Å². The van der Waals surface area contributed by atoms with E-state index in [0.717, 1.165) is 19.3 Å². The van der Waals surface area contributed by atoms with Gasteiger partial charge in [-0.15, -0.1) is 0 Å². The number of esters is 1. The topological polar surface area (TPSA) is 89.5 Å². The number of carbonyl (C=O) groups is 2. The third-order valence-corrected chi connectivity index (χ3v) is 6.06. The Kier molecular flexibility index (Phi) is 2.85. The van der Waals surface area contributed by atoms with Crippen molar-refractivity contribution in [3.8, 4) is 0 Å². The monoisotopic (exact) mass is 287 g/mol. The van der Waals surface area contributed by atoms with Gasteiger partial charge in [0.05, 0.1) is 11.7 Å². The van der Waals surface area contributed by atoms with Gasteiger partial charge in [0, 0.05) is 0 Å². The maximum Gasteiger partial charge on any atom is 0.309 e. The van der Waals surface area contributed by atoms with Gasteiger partial charge in [-0.25, -0.2) is 8.42 Å². The second-order valence-corrected chi connectivity index (χ2v) is 7.95. The fourth-order valence-electron chi connectivity index (χ4n) is 4.30. The number of nitrogens with one attached hydrogen (secondary N) is 1. The minimum absolute atomic E-state index is 0.0844. The molecule has 4 aliphatic rings. The summed E-state index contributed by atoms with van der Waals surface area (Å²) in [5, 5.41) is 0. The number of sulfonamides is 1. The van der Waals surface area contributed by atoms with Gasteiger partial charge in [0.15, 0.2) is 0 Å². The van der Waals surface area contributed by atoms with Gasteiger partial charge in [-0.2, -0.15) is 0 Å². The van der Waals surface area contributed by atoms with Gasteiger partial charge in [0.1, 0.15) is 6.10 Å². The molecule has 0 aromatic heterocycles. The van der Waals surface area contributed by atoms with Crippen molar-refractivity contribution in [2.24, 2.45) is 17.3 Å². The molecule has 0 radical (unpaired) electrons. The van der Waals surface area contributed by atoms with Crippen LogP contribution in [-0.4, -0.2) is 32.7 Å². The van der Waals surface area contributed by atoms with Gasteiger partial charge in [-0.05, 0) is 43.4 Å². The Balaban J connectivity index is 1.88. The van der Waals surface area contributed by atoms with Crippen molar-refractivity contribution in [1.82, 2.24) is 4.72 Å². The van der Waals surface area contributed by atoms with Crippen LogP contribution in [0.1, 0.15) is 32.1 Å². The fraction of sp³-hybridized carbons (Fsp3) is 0.833. The van der Waals surface area contributed by atoms with Crippen LogP contribution in [0.5, 0.6) is 0 Å². The molecule has 2 aliphatic heterocycles. The lowest BCUT2D eigenvalue weighted by Gasteiger charge is -2.45. The van der Waals surface area contributed by atoms with Crippen LogP contribution in [0.25, 0.3) is 0 Å². The summed E-state index contributed by atoms with van der Waals surface area (Å²) >= 11 is 0. The van der Waals surface area contributed by atoms with Crippen molar-refractivity contribution in [3.63, 3.8) is 0 Å². The molecule has 6 nitrogen and oxygen atoms in total. The molecule has 19 heavy (non-hydrogen) atoms. The normalized spacial score (nSPS) is 40.6. The Morgan fingerprint density at radius 2 is 2.11 bits per heavy atom. The van der Waals surface area contributed by atoms with Crippen LogP contribution in [0, 0.1) is 17.3 Å². The van der Waals surface area contributed by atoms with Crippen molar-refractivity contribution in [3.05, 3.63) is 0 Å². The van der Waals surface area contributed by atoms with Crippen molar-refractivity contribution >= 4 is 22.4 Å². The van der Waals surface area contributed by atoms with Gasteiger partial charge in [-0.3, -0.25) is 14.3 Å². The number of carbonyl (C=O) groups excluding carboxylic acids is 2. The van der Waals surface area contributed by atoms with Crippen LogP contribution >= 0.6 is 0 Å². The number of ether oxygens (including phenoxy) is 1. The zero-order chi connectivity index (χ0) is 13.7. The van der Waals surface area contributed by atoms with E-state index in [0.29, 0.717) is 18.8 Å². The highest BCUT2D eigenvalue weighted by Gasteiger charge is 2.53. The van der Waals surface area contributed by atoms with Gasteiger partial charge in [-0.1, -0.05) is 0 Å². The van der Waals surface area contributed by atoms with Crippen molar-refractivity contribution in [1.29, 1.82) is 0 Å². The molecule has 106 valence electrons. The molecule has 0 aromatic rings. The minimum atomic E-state index is -3.61. The molecule has 7 heteroatoms. The summed E-state index contributed by atoms with van der Waals surface area (Å²) in [5.74, 6) is -0.0540. The van der Waals surface area contributed by atoms with Crippen molar-refractivity contribution in [2.45, 2.75) is 38.2 Å². The van der Waals surface area contributed by atoms with E-state index in [2.05, 4.69) is 0 Å². The molecule has 1 amide bonds. The smallest absolute Gasteiger partial charge is 0.309 e. The Bertz CT molecular complexity index is 516. The third-order valence-electron chi connectivity index (χ3n) is 4.62. The van der Waals surface area contributed by atoms with Gasteiger partial charge >= 0.3 is 5.97 Å². The molecule has 4 fully saturated rings. The molecule has 2 heterocycles. The van der Waals surface area contributed by atoms with Crippen molar-refractivity contribution in [2.75, 3.05) is 5.75 Å². The molecular weight excluding hydrogens is 270 g/mol. The molecule has 1 N–H and O–H groups in total. The first kappa shape index (κ1) is 12.9. The third kappa shape index (κ3) is 2.35. The highest BCUT2D eigenvalue weighted by atomic mass is 32.2. The van der Waals surface area contributed by atoms with Gasteiger partial charge in [0.25, 0.3) is 0 Å². The second kappa shape index (κ2) is 4.19. The quantitative estimate of drug-likeness (QED) is 0.588. The van der Waals surface area contributed by atoms with E-state index in [1.54, 1.807) is 0 Å². The molecule has 2 saturated carbocycles. The molecule has 2 saturated heterocycles. The lowest BCUT2D eigenvalue weighted by molar-refractivity contribution is -0.151. The van der Waals surface area contributed by atoms with E-state index in [4.69, 9.17) is 4.74 Å². The Morgan fingerprint density at radius 1 is 1.32 bits per heavy atom. The SMILES string of the molecule is O=CNS(=O)(=O)CC12CC3CC(C1)OC(=O)C(C3)C2. The zero-order valence-corrected chi connectivity index (χ0v) is 11.3. The summed E-state index contributed by atoms with van der Waals surface area (Å²) < 4.78 is 31.0. The summed E-state index contributed by atoms with van der Waals surface area (Å²) in [7, 11) is -3.61. The first-order chi connectivity index (χ1) is 8.91. The fourth-order valence-corrected chi connectivity index (χ4v) is 5.69. The molecule has 4 atom stereocenters. The lowest BCUT2D eigenvalue weighted by atomic mass is 9.60. The van der Waals surface area contributed by atoms with E-state index in [1.807, 2.05) is 4.72 Å². The first-order valence-corrected chi connectivity index (χ1v) is 8.21. The Labute approximate surface area is 111 Å². The van der Waals surface area contributed by atoms with E-state index in [9.17, 15) is 18.0 Å². The molecule has 2 aliphatic carbocycles. The van der Waals surface area contributed by atoms with Crippen LogP contribution in [0.2, 0.25) is 0 Å². The number of rotatable bonds is 4. The molecule has 4 unspecified atom stereocenters. The predicted molar refractivity (Wildman–Crippen MR) is 65.4 cm³/mol. The van der Waals surface area contributed by atoms with Crippen molar-refractivity contribution < 1.29 is 22.7 Å². The average Bonchev–Trinajstić information content (AvgIpc) is 2.39. The van der Waals surface area contributed by atoms with E-state index in [1.165, 1.54) is 0 Å². The number of hydrogen-bond donors (Lipinski definition) is 1. The van der Waals surface area contributed by atoms with Crippen LogP contribution in [0.4, 0.5) is 0 Å². The zero-order valence-electron chi connectivity index (χ0n) is 10.5. The molecule has 4 rings (SSSR count). The summed E-state index contributed by atoms with van der Waals surface area (Å²) in [6, 6.07) is 0. The van der Waals surface area contributed by atoms with Gasteiger partial charge < -0.3 is 4.74 Å². The Hall–Kier alpha value is -1.11. The maximum absolute atomic E-state index is 11.9. The lowest BCUT2D eigenvalue weighted by Crippen LogP contribution is -2.46. The summed E-state index contributed by atoms with van der Waals surface area (Å²) in [6.45, 7) is 0.